The van der Waals surface area contributed by atoms with Gasteiger partial charge >= 0.3 is 12.2 Å². The largest absolute Gasteiger partial charge is 0.463 e. The Morgan fingerprint density at radius 2 is 1.28 bits per heavy atom. The lowest BCUT2D eigenvalue weighted by Gasteiger charge is -2.39. The van der Waals surface area contributed by atoms with Gasteiger partial charge in [-0.05, 0) is 60.8 Å². The van der Waals surface area contributed by atoms with Crippen molar-refractivity contribution in [3.8, 4) is 39.4 Å². The predicted molar refractivity (Wildman–Crippen MR) is 253 cm³/mol. The van der Waals surface area contributed by atoms with Gasteiger partial charge in [0.15, 0.2) is 0 Å². The number of aliphatic hydroxyl groups excluding tert-OH is 4. The molecule has 380 valence electrons. The molecule has 6 heterocycles. The van der Waals surface area contributed by atoms with Crippen molar-refractivity contribution in [2.75, 3.05) is 33.9 Å². The summed E-state index contributed by atoms with van der Waals surface area (Å²) in [6, 6.07) is 7.73. The minimum Gasteiger partial charge on any atom is -0.463 e. The molecule has 9 atom stereocenters. The number of imidazole rings is 2. The number of nitrogens with zero attached hydrogens (tertiary/aromatic N) is 4. The lowest BCUT2D eigenvalue weighted by Crippen LogP contribution is -2.60. The van der Waals surface area contributed by atoms with E-state index in [0.717, 1.165) is 12.0 Å². The third-order valence-electron chi connectivity index (χ3n) is 13.4. The van der Waals surface area contributed by atoms with Gasteiger partial charge in [0.05, 0.1) is 62.3 Å². The van der Waals surface area contributed by atoms with Crippen molar-refractivity contribution in [1.82, 2.24) is 40.4 Å². The highest BCUT2D eigenvalue weighted by Gasteiger charge is 2.45. The van der Waals surface area contributed by atoms with Crippen LogP contribution in [-0.4, -0.2) is 151 Å². The number of aromatic amines is 2. The van der Waals surface area contributed by atoms with Crippen molar-refractivity contribution in [2.45, 2.75) is 108 Å². The van der Waals surface area contributed by atoms with Crippen molar-refractivity contribution in [3.05, 3.63) is 76.9 Å². The summed E-state index contributed by atoms with van der Waals surface area (Å²) in [5, 5.41) is 47.3. The van der Waals surface area contributed by atoms with E-state index in [0.29, 0.717) is 66.5 Å². The van der Waals surface area contributed by atoms with Crippen molar-refractivity contribution in [2.24, 2.45) is 11.8 Å². The van der Waals surface area contributed by atoms with E-state index >= 15 is 0 Å². The number of H-pyrrole nitrogens is 2. The zero-order chi connectivity index (χ0) is 50.8. The highest BCUT2D eigenvalue weighted by atomic mass is 16.7. The van der Waals surface area contributed by atoms with Crippen LogP contribution < -0.4 is 20.8 Å². The summed E-state index contributed by atoms with van der Waals surface area (Å²) in [7, 11) is 2.47. The number of fused-ring (bicyclic) bond motifs is 1. The van der Waals surface area contributed by atoms with Gasteiger partial charge in [0.1, 0.15) is 71.1 Å². The van der Waals surface area contributed by atoms with Gasteiger partial charge in [0.2, 0.25) is 23.5 Å². The summed E-state index contributed by atoms with van der Waals surface area (Å²) in [6.07, 6.45) is -2.38. The van der Waals surface area contributed by atoms with Gasteiger partial charge < -0.3 is 74.2 Å². The summed E-state index contributed by atoms with van der Waals surface area (Å²) < 4.78 is 27.6. The lowest BCUT2D eigenvalue weighted by molar-refractivity contribution is -0.277. The van der Waals surface area contributed by atoms with E-state index in [2.05, 4.69) is 30.6 Å². The Balaban J connectivity index is 1.09. The summed E-state index contributed by atoms with van der Waals surface area (Å²) in [5.74, 6) is -0.0135. The molecule has 3 saturated heterocycles. The number of ether oxygens (including phenoxy) is 4. The topological polar surface area (TPSA) is 304 Å². The molecule has 4 amide bonds. The number of carbonyl (C=O) groups is 4. The third kappa shape index (κ3) is 10.2. The number of aromatic nitrogens is 4. The number of likely N-dealkylation sites (tertiary alicyclic amines) is 2. The van der Waals surface area contributed by atoms with Crippen molar-refractivity contribution in [1.29, 1.82) is 0 Å². The minimum absolute atomic E-state index is 0.0483. The average molecular weight is 985 g/mol. The Hall–Kier alpha value is -6.85. The van der Waals surface area contributed by atoms with E-state index in [1.807, 2.05) is 27.7 Å². The summed E-state index contributed by atoms with van der Waals surface area (Å²) >= 11 is 0. The number of alkyl carbamates (subject to hydrolysis) is 2. The van der Waals surface area contributed by atoms with E-state index < -0.39 is 73.1 Å². The molecule has 0 aliphatic carbocycles. The number of aliphatic hydroxyl groups is 4. The molecule has 2 aromatic carbocycles. The Morgan fingerprint density at radius 1 is 0.761 bits per heavy atom. The Morgan fingerprint density at radius 3 is 1.79 bits per heavy atom. The Bertz CT molecular complexity index is 2790. The molecule has 0 bridgehead atoms. The van der Waals surface area contributed by atoms with E-state index in [1.165, 1.54) is 26.5 Å². The minimum atomic E-state index is -1.80. The first-order chi connectivity index (χ1) is 34.0. The van der Waals surface area contributed by atoms with Crippen molar-refractivity contribution >= 4 is 35.0 Å². The maximum absolute atomic E-state index is 14.6. The molecular formula is C49H60N8O14. The van der Waals surface area contributed by atoms with Crippen LogP contribution in [0.2, 0.25) is 0 Å². The van der Waals surface area contributed by atoms with Gasteiger partial charge in [-0.15, -0.1) is 0 Å². The molecule has 5 aromatic rings. The molecule has 0 radical (unpaired) electrons. The van der Waals surface area contributed by atoms with Gasteiger partial charge in [0.25, 0.3) is 0 Å². The molecule has 22 nitrogen and oxygen atoms in total. The SMILES string of the molecule is COC(=O)N[C@H](C(=O)N1CCC[C@H]1c1ncc(-c2ccc(-c3coc4cc(-c5cnc([C@@H]6CCCN6C(=O)[C@@H](NC(=O)OC)C(C)C)[nH]5)cc(O[C@H]5O[C@@H](CO)[C@@H](O)[C@H](O)[C@@H]5O)c4c3=O)cc2)[nH]1)C(C)C. The Labute approximate surface area is 407 Å². The molecular weight excluding hydrogens is 925 g/mol. The number of amides is 4. The molecule has 3 aliphatic rings. The van der Waals surface area contributed by atoms with Crippen molar-refractivity contribution in [3.63, 3.8) is 0 Å². The predicted octanol–water partition coefficient (Wildman–Crippen LogP) is 3.51. The number of hydrogen-bond donors (Lipinski definition) is 8. The smallest absolute Gasteiger partial charge is 0.407 e. The van der Waals surface area contributed by atoms with Crippen LogP contribution in [0.3, 0.4) is 0 Å². The highest BCUT2D eigenvalue weighted by Crippen LogP contribution is 2.38. The number of rotatable bonds is 14. The molecule has 0 saturated carbocycles. The normalized spacial score (nSPS) is 23.2. The van der Waals surface area contributed by atoms with Gasteiger partial charge in [-0.2, -0.15) is 0 Å². The van der Waals surface area contributed by atoms with Crippen LogP contribution in [0.15, 0.2) is 64.3 Å². The molecule has 3 aliphatic heterocycles. The fourth-order valence-corrected chi connectivity index (χ4v) is 9.48. The standard InChI is InChI=1S/C49H60N8O14/c1-23(2)37(54-48(65)67-5)45(63)56-15-7-9-31(56)43-50-19-29(52-43)26-13-11-25(12-14-26)28-22-69-33-17-27(18-34(36(33)39(28)59)70-47-42(62)41(61)40(60)35(21-58)71-47)30-20-51-44(53-30)32-10-8-16-57(32)46(64)38(24(3)4)55-49(66)68-6/h11-14,17-20,22-24,31-32,35,37-38,40-42,47,58,60-62H,7-10,15-16,21H2,1-6H3,(H,50,52)(H,51,53)(H,54,65)(H,55,66)/t31-,32-,35-,37-,38-,40+,41-,42-,47-/m0/s1. The monoisotopic (exact) mass is 984 g/mol. The molecule has 3 fully saturated rings. The maximum Gasteiger partial charge on any atom is 0.407 e. The molecule has 3 aromatic heterocycles. The van der Waals surface area contributed by atoms with Crippen molar-refractivity contribution < 1.29 is 63.0 Å². The van der Waals surface area contributed by atoms with Crippen LogP contribution in [0.25, 0.3) is 44.6 Å². The van der Waals surface area contributed by atoms with Gasteiger partial charge in [-0.3, -0.25) is 14.4 Å². The average Bonchev–Trinajstić information content (AvgIpc) is 4.22. The number of hydrogen-bond acceptors (Lipinski definition) is 16. The zero-order valence-corrected chi connectivity index (χ0v) is 40.2. The highest BCUT2D eigenvalue weighted by molar-refractivity contribution is 5.91. The van der Waals surface area contributed by atoms with Gasteiger partial charge in [0, 0.05) is 18.7 Å². The van der Waals surface area contributed by atoms with Crippen LogP contribution in [0.4, 0.5) is 9.59 Å². The van der Waals surface area contributed by atoms with Crippen LogP contribution >= 0.6 is 0 Å². The number of nitrogens with one attached hydrogen (secondary N) is 4. The quantitative estimate of drug-likeness (QED) is 0.0790. The lowest BCUT2D eigenvalue weighted by atomic mass is 9.99. The van der Waals surface area contributed by atoms with Crippen LogP contribution in [0.1, 0.15) is 77.1 Å². The van der Waals surface area contributed by atoms with E-state index in [4.69, 9.17) is 23.4 Å². The molecule has 8 rings (SSSR count). The first kappa shape index (κ1) is 50.5. The number of methoxy groups -OCH3 is 2. The van der Waals surface area contributed by atoms with Crippen LogP contribution in [0, 0.1) is 11.8 Å². The number of benzene rings is 2. The first-order valence-corrected chi connectivity index (χ1v) is 23.6. The van der Waals surface area contributed by atoms with Crippen LogP contribution in [0.5, 0.6) is 5.75 Å². The molecule has 0 spiro atoms. The second-order valence-electron chi connectivity index (χ2n) is 18.7. The van der Waals surface area contributed by atoms with E-state index in [-0.39, 0.29) is 52.0 Å². The molecule has 8 N–H and O–H groups in total. The Kier molecular flexibility index (Phi) is 15.1. The fourth-order valence-electron chi connectivity index (χ4n) is 9.48. The first-order valence-electron chi connectivity index (χ1n) is 23.6. The maximum atomic E-state index is 14.6. The number of carbonyl (C=O) groups excluding carboxylic acids is 4. The summed E-state index contributed by atoms with van der Waals surface area (Å²) in [4.78, 5) is 85.6. The molecule has 22 heteroatoms. The summed E-state index contributed by atoms with van der Waals surface area (Å²) in [5.41, 5.74) is 2.44. The van der Waals surface area contributed by atoms with Crippen LogP contribution in [-0.2, 0) is 23.8 Å². The van der Waals surface area contributed by atoms with Gasteiger partial charge in [-0.1, -0.05) is 52.0 Å². The molecule has 71 heavy (non-hydrogen) atoms. The zero-order valence-electron chi connectivity index (χ0n) is 40.2. The third-order valence-corrected chi connectivity index (χ3v) is 13.4. The second kappa shape index (κ2) is 21.2. The second-order valence-corrected chi connectivity index (χ2v) is 18.7. The molecule has 0 unspecified atom stereocenters. The van der Waals surface area contributed by atoms with E-state index in [9.17, 15) is 44.4 Å². The van der Waals surface area contributed by atoms with E-state index in [1.54, 1.807) is 52.5 Å². The fraction of sp³-hybridized carbons (Fsp3) is 0.490. The van der Waals surface area contributed by atoms with Gasteiger partial charge in [-0.25, -0.2) is 19.6 Å². The summed E-state index contributed by atoms with van der Waals surface area (Å²) in [6.45, 7) is 7.56.